The van der Waals surface area contributed by atoms with E-state index in [0.717, 1.165) is 5.49 Å². The number of ether oxygens (including phenoxy) is 1. The first kappa shape index (κ1) is 11.8. The highest BCUT2D eigenvalue weighted by molar-refractivity contribution is 7.78. The molecule has 5 atom stereocenters. The number of rotatable bonds is 3. The Morgan fingerprint density at radius 1 is 1.29 bits per heavy atom. The highest BCUT2D eigenvalue weighted by atomic mass is 32.1. The summed E-state index contributed by atoms with van der Waals surface area (Å²) in [6.07, 6.45) is -4.79. The summed E-state index contributed by atoms with van der Waals surface area (Å²) in [6.45, 7) is -0.473. The molecule has 0 radical (unpaired) electrons. The minimum absolute atomic E-state index is 0.473. The van der Waals surface area contributed by atoms with Crippen molar-refractivity contribution in [3.8, 4) is 0 Å². The molecule has 82 valence electrons. The van der Waals surface area contributed by atoms with Gasteiger partial charge < -0.3 is 30.5 Å². The minimum atomic E-state index is -1.32. The van der Waals surface area contributed by atoms with Crippen LogP contribution in [0.1, 0.15) is 0 Å². The Kier molecular flexibility index (Phi) is 4.17. The molecule has 14 heavy (non-hydrogen) atoms. The SMILES string of the molecule is OCC1OC(O)C(NC=S)C(O)C1O. The normalized spacial score (nSPS) is 43.3. The maximum atomic E-state index is 9.51. The van der Waals surface area contributed by atoms with Crippen LogP contribution in [0.2, 0.25) is 0 Å². The molecule has 0 aliphatic carbocycles. The Hall–Kier alpha value is -0.310. The van der Waals surface area contributed by atoms with E-state index in [2.05, 4.69) is 17.5 Å². The van der Waals surface area contributed by atoms with Crippen LogP contribution < -0.4 is 5.32 Å². The van der Waals surface area contributed by atoms with Crippen molar-refractivity contribution in [2.45, 2.75) is 30.6 Å². The van der Waals surface area contributed by atoms with E-state index in [9.17, 15) is 15.3 Å². The number of hydrogen-bond acceptors (Lipinski definition) is 6. The maximum Gasteiger partial charge on any atom is 0.178 e. The molecule has 1 heterocycles. The molecule has 1 saturated heterocycles. The summed E-state index contributed by atoms with van der Waals surface area (Å²) >= 11 is 4.49. The molecule has 5 N–H and O–H groups in total. The highest BCUT2D eigenvalue weighted by Gasteiger charge is 2.43. The smallest absolute Gasteiger partial charge is 0.178 e. The fourth-order valence-corrected chi connectivity index (χ4v) is 1.51. The van der Waals surface area contributed by atoms with Gasteiger partial charge in [0.25, 0.3) is 0 Å². The van der Waals surface area contributed by atoms with Crippen molar-refractivity contribution in [2.75, 3.05) is 6.61 Å². The summed E-state index contributed by atoms with van der Waals surface area (Å²) in [5.74, 6) is 0. The van der Waals surface area contributed by atoms with Crippen LogP contribution in [0, 0.1) is 0 Å². The number of aliphatic hydroxyl groups excluding tert-OH is 4. The largest absolute Gasteiger partial charge is 0.394 e. The van der Waals surface area contributed by atoms with Crippen molar-refractivity contribution in [3.05, 3.63) is 0 Å². The van der Waals surface area contributed by atoms with Gasteiger partial charge in [-0.3, -0.25) is 0 Å². The monoisotopic (exact) mass is 223 g/mol. The molecule has 5 unspecified atom stereocenters. The van der Waals surface area contributed by atoms with Gasteiger partial charge in [-0.2, -0.15) is 0 Å². The summed E-state index contributed by atoms with van der Waals surface area (Å²) in [5, 5.41) is 39.5. The van der Waals surface area contributed by atoms with E-state index in [-0.39, 0.29) is 0 Å². The second-order valence-corrected chi connectivity index (χ2v) is 3.27. The van der Waals surface area contributed by atoms with E-state index < -0.39 is 37.3 Å². The quantitative estimate of drug-likeness (QED) is 0.333. The van der Waals surface area contributed by atoms with Crippen molar-refractivity contribution in [1.82, 2.24) is 5.32 Å². The van der Waals surface area contributed by atoms with Crippen molar-refractivity contribution in [2.24, 2.45) is 0 Å². The molecule has 1 fully saturated rings. The number of hydrogen-bond donors (Lipinski definition) is 5. The van der Waals surface area contributed by atoms with E-state index in [1.165, 1.54) is 0 Å². The van der Waals surface area contributed by atoms with Crippen LogP contribution in [-0.2, 0) is 4.74 Å². The Balaban J connectivity index is 2.68. The van der Waals surface area contributed by atoms with Crippen LogP contribution in [0.4, 0.5) is 0 Å². The summed E-state index contributed by atoms with van der Waals surface area (Å²) in [4.78, 5) is 0. The third-order valence-electron chi connectivity index (χ3n) is 2.16. The van der Waals surface area contributed by atoms with Crippen LogP contribution in [0.3, 0.4) is 0 Å². The van der Waals surface area contributed by atoms with Gasteiger partial charge in [-0.25, -0.2) is 0 Å². The Bertz CT molecular complexity index is 205. The maximum absolute atomic E-state index is 9.51. The first-order chi connectivity index (χ1) is 6.61. The third-order valence-corrected chi connectivity index (χ3v) is 2.30. The van der Waals surface area contributed by atoms with Crippen molar-refractivity contribution in [1.29, 1.82) is 0 Å². The summed E-state index contributed by atoms with van der Waals surface area (Å²) in [6, 6.07) is -0.884. The van der Waals surface area contributed by atoms with Gasteiger partial charge in [-0.1, -0.05) is 12.2 Å². The van der Waals surface area contributed by atoms with Gasteiger partial charge in [0.05, 0.1) is 12.1 Å². The summed E-state index contributed by atoms with van der Waals surface area (Å²) < 4.78 is 4.85. The molecule has 0 spiro atoms. The molecule has 1 rings (SSSR count). The average Bonchev–Trinajstić information content (AvgIpc) is 2.18. The van der Waals surface area contributed by atoms with Gasteiger partial charge in [0.2, 0.25) is 0 Å². The molecule has 1 aliphatic rings. The van der Waals surface area contributed by atoms with Crippen LogP contribution in [0.5, 0.6) is 0 Å². The predicted molar refractivity (Wildman–Crippen MR) is 50.6 cm³/mol. The van der Waals surface area contributed by atoms with Gasteiger partial charge in [0.1, 0.15) is 24.4 Å². The highest BCUT2D eigenvalue weighted by Crippen LogP contribution is 2.19. The van der Waals surface area contributed by atoms with Gasteiger partial charge in [0, 0.05) is 0 Å². The zero-order valence-corrected chi connectivity index (χ0v) is 8.09. The van der Waals surface area contributed by atoms with Crippen LogP contribution >= 0.6 is 12.2 Å². The Morgan fingerprint density at radius 2 is 1.93 bits per heavy atom. The topological polar surface area (TPSA) is 102 Å². The Morgan fingerprint density at radius 3 is 2.43 bits per heavy atom. The first-order valence-electron chi connectivity index (χ1n) is 4.12. The fourth-order valence-electron chi connectivity index (χ4n) is 1.36. The van der Waals surface area contributed by atoms with Gasteiger partial charge in [-0.15, -0.1) is 0 Å². The number of thiocarbonyl (C=S) groups is 1. The van der Waals surface area contributed by atoms with E-state index in [1.807, 2.05) is 0 Å². The number of nitrogens with one attached hydrogen (secondary N) is 1. The molecule has 0 amide bonds. The van der Waals surface area contributed by atoms with Gasteiger partial charge in [-0.05, 0) is 0 Å². The molecule has 1 aliphatic heterocycles. The lowest BCUT2D eigenvalue weighted by Crippen LogP contribution is -2.62. The summed E-state index contributed by atoms with van der Waals surface area (Å²) in [7, 11) is 0. The molecular weight excluding hydrogens is 210 g/mol. The van der Waals surface area contributed by atoms with Crippen molar-refractivity contribution >= 4 is 17.7 Å². The van der Waals surface area contributed by atoms with Gasteiger partial charge >= 0.3 is 0 Å². The van der Waals surface area contributed by atoms with E-state index in [4.69, 9.17) is 9.84 Å². The van der Waals surface area contributed by atoms with Crippen LogP contribution in [0.25, 0.3) is 0 Å². The van der Waals surface area contributed by atoms with Crippen molar-refractivity contribution in [3.63, 3.8) is 0 Å². The molecule has 0 aromatic carbocycles. The lowest BCUT2D eigenvalue weighted by Gasteiger charge is -2.39. The summed E-state index contributed by atoms with van der Waals surface area (Å²) in [5.41, 5.74) is 1.12. The predicted octanol–water partition coefficient (Wildman–Crippen LogP) is -2.67. The van der Waals surface area contributed by atoms with Crippen LogP contribution in [0.15, 0.2) is 0 Å². The molecule has 0 aromatic heterocycles. The lowest BCUT2D eigenvalue weighted by molar-refractivity contribution is -0.251. The fraction of sp³-hybridized carbons (Fsp3) is 0.857. The van der Waals surface area contributed by atoms with Crippen LogP contribution in [-0.4, -0.2) is 63.2 Å². The standard InChI is InChI=1S/C7H13NO5S/c9-1-3-5(10)6(11)4(8-2-14)7(12)13-3/h2-7,9-12H,1H2,(H,8,14). The van der Waals surface area contributed by atoms with E-state index in [1.54, 1.807) is 0 Å². The molecule has 7 heteroatoms. The van der Waals surface area contributed by atoms with Crippen molar-refractivity contribution < 1.29 is 25.2 Å². The average molecular weight is 223 g/mol. The third kappa shape index (κ3) is 2.19. The molecule has 6 nitrogen and oxygen atoms in total. The molecule has 0 aromatic rings. The molecule has 0 bridgehead atoms. The van der Waals surface area contributed by atoms with E-state index in [0.29, 0.717) is 0 Å². The number of aliphatic hydroxyl groups is 4. The Labute approximate surface area is 86.1 Å². The zero-order chi connectivity index (χ0) is 10.7. The minimum Gasteiger partial charge on any atom is -0.394 e. The molecule has 0 saturated carbocycles. The lowest BCUT2D eigenvalue weighted by atomic mass is 9.97. The first-order valence-corrected chi connectivity index (χ1v) is 4.59. The van der Waals surface area contributed by atoms with E-state index >= 15 is 0 Å². The second-order valence-electron chi connectivity index (χ2n) is 3.04. The second kappa shape index (κ2) is 4.96. The van der Waals surface area contributed by atoms with Gasteiger partial charge in [0.15, 0.2) is 6.29 Å². The molecular formula is C7H13NO5S. The zero-order valence-electron chi connectivity index (χ0n) is 7.28.